The molecule has 0 bridgehead atoms. The van der Waals surface area contributed by atoms with Crippen LogP contribution in [0.15, 0.2) is 30.3 Å². The molecule has 2 rings (SSSR count). The summed E-state index contributed by atoms with van der Waals surface area (Å²) in [5, 5.41) is 12.1. The molecule has 1 aromatic rings. The van der Waals surface area contributed by atoms with Crippen LogP contribution in [-0.2, 0) is 16.0 Å². The number of carboxylic acid groups (broad SMARTS) is 1. The second kappa shape index (κ2) is 9.74. The number of ether oxygens (including phenoxy) is 1. The van der Waals surface area contributed by atoms with Gasteiger partial charge in [-0.2, -0.15) is 0 Å². The Morgan fingerprint density at radius 2 is 2.04 bits per heavy atom. The van der Waals surface area contributed by atoms with E-state index < -0.39 is 5.97 Å². The number of urea groups is 1. The Bertz CT molecular complexity index is 618. The van der Waals surface area contributed by atoms with Gasteiger partial charge in [-0.15, -0.1) is 0 Å². The molecule has 1 saturated heterocycles. The Labute approximate surface area is 161 Å². The van der Waals surface area contributed by atoms with E-state index in [1.807, 2.05) is 42.2 Å². The summed E-state index contributed by atoms with van der Waals surface area (Å²) in [6.07, 6.45) is 2.69. The molecular formula is C21H32N2O4. The molecule has 0 spiro atoms. The van der Waals surface area contributed by atoms with E-state index in [0.29, 0.717) is 26.0 Å². The molecule has 6 heteroatoms. The zero-order valence-electron chi connectivity index (χ0n) is 16.6. The van der Waals surface area contributed by atoms with E-state index in [-0.39, 0.29) is 30.1 Å². The summed E-state index contributed by atoms with van der Waals surface area (Å²) in [5.41, 5.74) is 0.854. The van der Waals surface area contributed by atoms with Crippen LogP contribution in [0.3, 0.4) is 0 Å². The fourth-order valence-corrected chi connectivity index (χ4v) is 3.71. The van der Waals surface area contributed by atoms with Gasteiger partial charge in [0.1, 0.15) is 0 Å². The average molecular weight is 376 g/mol. The lowest BCUT2D eigenvalue weighted by Crippen LogP contribution is -2.53. The fourth-order valence-electron chi connectivity index (χ4n) is 3.71. The van der Waals surface area contributed by atoms with E-state index in [1.54, 1.807) is 0 Å². The second-order valence-corrected chi connectivity index (χ2v) is 7.81. The Hall–Kier alpha value is -2.08. The van der Waals surface area contributed by atoms with Crippen LogP contribution in [0.1, 0.15) is 52.0 Å². The molecule has 6 nitrogen and oxygen atoms in total. The van der Waals surface area contributed by atoms with E-state index in [1.165, 1.54) is 0 Å². The molecule has 2 N–H and O–H groups in total. The van der Waals surface area contributed by atoms with Crippen molar-refractivity contribution in [1.82, 2.24) is 10.2 Å². The number of rotatable bonds is 8. The lowest BCUT2D eigenvalue weighted by Gasteiger charge is -2.41. The number of benzene rings is 1. The average Bonchev–Trinajstić information content (AvgIpc) is 2.60. The van der Waals surface area contributed by atoms with Crippen LogP contribution in [0, 0.1) is 0 Å². The van der Waals surface area contributed by atoms with Gasteiger partial charge < -0.3 is 20.1 Å². The van der Waals surface area contributed by atoms with Crippen LogP contribution >= 0.6 is 0 Å². The van der Waals surface area contributed by atoms with Crippen LogP contribution in [0.5, 0.6) is 0 Å². The van der Waals surface area contributed by atoms with Crippen LogP contribution in [-0.4, -0.2) is 52.8 Å². The molecule has 1 aliphatic heterocycles. The van der Waals surface area contributed by atoms with Gasteiger partial charge in [0.05, 0.1) is 5.60 Å². The Morgan fingerprint density at radius 1 is 1.33 bits per heavy atom. The first kappa shape index (κ1) is 21.2. The van der Waals surface area contributed by atoms with Crippen LogP contribution < -0.4 is 5.32 Å². The maximum absolute atomic E-state index is 13.0. The minimum absolute atomic E-state index is 0.0359. The number of aliphatic carboxylic acids is 1. The molecule has 1 fully saturated rings. The van der Waals surface area contributed by atoms with Gasteiger partial charge in [0.25, 0.3) is 0 Å². The van der Waals surface area contributed by atoms with Crippen molar-refractivity contribution in [2.24, 2.45) is 0 Å². The predicted octanol–water partition coefficient (Wildman–Crippen LogP) is 3.45. The molecule has 27 heavy (non-hydrogen) atoms. The topological polar surface area (TPSA) is 78.9 Å². The first-order valence-corrected chi connectivity index (χ1v) is 9.77. The van der Waals surface area contributed by atoms with E-state index >= 15 is 0 Å². The van der Waals surface area contributed by atoms with Gasteiger partial charge in [0.15, 0.2) is 0 Å². The highest BCUT2D eigenvalue weighted by Crippen LogP contribution is 2.27. The summed E-state index contributed by atoms with van der Waals surface area (Å²) in [7, 11) is 0. The largest absolute Gasteiger partial charge is 0.481 e. The highest BCUT2D eigenvalue weighted by Gasteiger charge is 2.34. The summed E-state index contributed by atoms with van der Waals surface area (Å²) >= 11 is 0. The van der Waals surface area contributed by atoms with Gasteiger partial charge in [-0.05, 0) is 52.0 Å². The van der Waals surface area contributed by atoms with Crippen LogP contribution in [0.25, 0.3) is 0 Å². The number of nitrogens with zero attached hydrogens (tertiary/aromatic N) is 1. The highest BCUT2D eigenvalue weighted by molar-refractivity contribution is 5.75. The maximum atomic E-state index is 13.0. The van der Waals surface area contributed by atoms with Crippen LogP contribution in [0.4, 0.5) is 4.79 Å². The third-order valence-electron chi connectivity index (χ3n) is 5.07. The van der Waals surface area contributed by atoms with Gasteiger partial charge >= 0.3 is 12.0 Å². The molecule has 150 valence electrons. The quantitative estimate of drug-likeness (QED) is 0.728. The molecule has 1 aromatic carbocycles. The molecule has 0 aromatic heterocycles. The number of amides is 2. The lowest BCUT2D eigenvalue weighted by molar-refractivity contribution is -0.137. The lowest BCUT2D eigenvalue weighted by atomic mass is 9.93. The van der Waals surface area contributed by atoms with Gasteiger partial charge in [0.2, 0.25) is 0 Å². The highest BCUT2D eigenvalue weighted by atomic mass is 16.5. The molecule has 2 unspecified atom stereocenters. The van der Waals surface area contributed by atoms with Crippen molar-refractivity contribution in [3.8, 4) is 0 Å². The standard InChI is InChI=1S/C21H32N2O4/c1-4-23(18-12-13-27-21(2,3)15-18)20(26)22-17(10-11-19(24)25)14-16-8-6-5-7-9-16/h5-9,17-18H,4,10-15H2,1-3H3,(H,22,26)(H,24,25). The summed E-state index contributed by atoms with van der Waals surface area (Å²) in [6.45, 7) is 7.34. The number of hydrogen-bond donors (Lipinski definition) is 2. The van der Waals surface area contributed by atoms with Crippen molar-refractivity contribution in [2.75, 3.05) is 13.2 Å². The van der Waals surface area contributed by atoms with Gasteiger partial charge in [-0.25, -0.2) is 4.79 Å². The predicted molar refractivity (Wildman–Crippen MR) is 105 cm³/mol. The summed E-state index contributed by atoms with van der Waals surface area (Å²) in [5.74, 6) is -0.846. The molecule has 0 radical (unpaired) electrons. The number of carbonyl (C=O) groups is 2. The zero-order chi connectivity index (χ0) is 19.9. The van der Waals surface area contributed by atoms with Crippen LogP contribution in [0.2, 0.25) is 0 Å². The van der Waals surface area contributed by atoms with E-state index in [4.69, 9.17) is 9.84 Å². The SMILES string of the molecule is CCN(C(=O)NC(CCC(=O)O)Cc1ccccc1)C1CCOC(C)(C)C1. The van der Waals surface area contributed by atoms with Crippen molar-refractivity contribution < 1.29 is 19.4 Å². The molecule has 1 heterocycles. The Kier molecular flexibility index (Phi) is 7.66. The minimum atomic E-state index is -0.846. The van der Waals surface area contributed by atoms with Crippen molar-refractivity contribution >= 4 is 12.0 Å². The van der Waals surface area contributed by atoms with E-state index in [2.05, 4.69) is 19.2 Å². The monoisotopic (exact) mass is 376 g/mol. The summed E-state index contributed by atoms with van der Waals surface area (Å²) < 4.78 is 5.77. The molecule has 0 saturated carbocycles. The fraction of sp³-hybridized carbons (Fsp3) is 0.619. The number of carboxylic acids is 1. The Morgan fingerprint density at radius 3 is 2.63 bits per heavy atom. The molecular weight excluding hydrogens is 344 g/mol. The van der Waals surface area contributed by atoms with Crippen molar-refractivity contribution in [2.45, 2.75) is 70.6 Å². The van der Waals surface area contributed by atoms with Crippen molar-refractivity contribution in [3.05, 3.63) is 35.9 Å². The molecule has 2 atom stereocenters. The second-order valence-electron chi connectivity index (χ2n) is 7.81. The third-order valence-corrected chi connectivity index (χ3v) is 5.07. The maximum Gasteiger partial charge on any atom is 0.317 e. The first-order valence-electron chi connectivity index (χ1n) is 9.77. The number of carbonyl (C=O) groups excluding carboxylic acids is 1. The Balaban J connectivity index is 2.04. The minimum Gasteiger partial charge on any atom is -0.481 e. The summed E-state index contributed by atoms with van der Waals surface area (Å²) in [6, 6.07) is 9.65. The van der Waals surface area contributed by atoms with Gasteiger partial charge in [-0.1, -0.05) is 30.3 Å². The van der Waals surface area contributed by atoms with E-state index in [9.17, 15) is 9.59 Å². The number of hydrogen-bond acceptors (Lipinski definition) is 3. The first-order chi connectivity index (χ1) is 12.8. The van der Waals surface area contributed by atoms with Gasteiger partial charge in [-0.3, -0.25) is 4.79 Å². The number of nitrogens with one attached hydrogen (secondary N) is 1. The molecule has 0 aliphatic carbocycles. The summed E-state index contributed by atoms with van der Waals surface area (Å²) in [4.78, 5) is 25.8. The third kappa shape index (κ3) is 6.86. The molecule has 1 aliphatic rings. The normalized spacial score (nSPS) is 19.9. The zero-order valence-corrected chi connectivity index (χ0v) is 16.6. The van der Waals surface area contributed by atoms with Gasteiger partial charge in [0, 0.05) is 31.7 Å². The van der Waals surface area contributed by atoms with Crippen molar-refractivity contribution in [3.63, 3.8) is 0 Å². The van der Waals surface area contributed by atoms with Crippen molar-refractivity contribution in [1.29, 1.82) is 0 Å². The smallest absolute Gasteiger partial charge is 0.317 e. The molecule has 2 amide bonds. The van der Waals surface area contributed by atoms with E-state index in [0.717, 1.165) is 18.4 Å².